The number of pyridine rings is 1. The second-order valence-electron chi connectivity index (χ2n) is 7.01. The van der Waals surface area contributed by atoms with Gasteiger partial charge in [0.1, 0.15) is 11.5 Å². The molecule has 0 unspecified atom stereocenters. The zero-order valence-electron chi connectivity index (χ0n) is 17.1. The van der Waals surface area contributed by atoms with Crippen molar-refractivity contribution in [1.82, 2.24) is 4.98 Å². The maximum Gasteiger partial charge on any atom is 0.259 e. The number of nitrogens with zero attached hydrogens (tertiary/aromatic N) is 1. The van der Waals surface area contributed by atoms with Crippen LogP contribution >= 0.6 is 0 Å². The van der Waals surface area contributed by atoms with Gasteiger partial charge in [0.15, 0.2) is 11.6 Å². The standard InChI is InChI=1S/C25H21F2N3O2/c26-21-13-22(27)25(32-23-10-2-1-6-19(23)15-29)30-24(21)31-20-9-4-8-18(12-20)17-7-3-5-16(11-17)14-28/h1-13H,14-15,28-29H2. The number of para-hydroxylation sites is 1. The van der Waals surface area contributed by atoms with Crippen molar-refractivity contribution in [2.75, 3.05) is 0 Å². The van der Waals surface area contributed by atoms with Gasteiger partial charge >= 0.3 is 0 Å². The molecule has 7 heteroatoms. The van der Waals surface area contributed by atoms with Gasteiger partial charge in [0, 0.05) is 24.7 Å². The Kier molecular flexibility index (Phi) is 6.39. The molecule has 0 aliphatic rings. The van der Waals surface area contributed by atoms with Gasteiger partial charge in [-0.1, -0.05) is 48.5 Å². The van der Waals surface area contributed by atoms with Crippen LogP contribution in [0, 0.1) is 11.6 Å². The molecule has 0 saturated heterocycles. The molecule has 0 bridgehead atoms. The molecule has 0 saturated carbocycles. The minimum absolute atomic E-state index is 0.195. The second-order valence-corrected chi connectivity index (χ2v) is 7.01. The summed E-state index contributed by atoms with van der Waals surface area (Å²) >= 11 is 0. The minimum atomic E-state index is -0.950. The topological polar surface area (TPSA) is 83.4 Å². The maximum atomic E-state index is 14.4. The fourth-order valence-corrected chi connectivity index (χ4v) is 3.18. The average Bonchev–Trinajstić information content (AvgIpc) is 2.82. The third kappa shape index (κ3) is 4.74. The lowest BCUT2D eigenvalue weighted by Gasteiger charge is -2.12. The summed E-state index contributed by atoms with van der Waals surface area (Å²) in [7, 11) is 0. The van der Waals surface area contributed by atoms with E-state index < -0.39 is 23.4 Å². The zero-order chi connectivity index (χ0) is 22.5. The summed E-state index contributed by atoms with van der Waals surface area (Å²) in [6.45, 7) is 0.616. The van der Waals surface area contributed by atoms with Crippen LogP contribution < -0.4 is 20.9 Å². The highest BCUT2D eigenvalue weighted by Gasteiger charge is 2.17. The molecule has 4 rings (SSSR count). The molecule has 162 valence electrons. The van der Waals surface area contributed by atoms with Gasteiger partial charge in [-0.2, -0.15) is 4.98 Å². The first kappa shape index (κ1) is 21.4. The van der Waals surface area contributed by atoms with E-state index in [2.05, 4.69) is 4.98 Å². The molecule has 0 aliphatic heterocycles. The Morgan fingerprint density at radius 2 is 1.38 bits per heavy atom. The van der Waals surface area contributed by atoms with Crippen LogP contribution in [-0.4, -0.2) is 4.98 Å². The van der Waals surface area contributed by atoms with Gasteiger partial charge in [-0.3, -0.25) is 0 Å². The summed E-state index contributed by atoms with van der Waals surface area (Å²) in [5, 5.41) is 0. The zero-order valence-corrected chi connectivity index (χ0v) is 17.1. The Morgan fingerprint density at radius 3 is 2.12 bits per heavy atom. The van der Waals surface area contributed by atoms with Crippen LogP contribution in [0.1, 0.15) is 11.1 Å². The number of rotatable bonds is 7. The first-order chi connectivity index (χ1) is 15.6. The predicted octanol–water partition coefficient (Wildman–Crippen LogP) is 5.53. The van der Waals surface area contributed by atoms with E-state index in [1.165, 1.54) is 0 Å². The molecular weight excluding hydrogens is 412 g/mol. The van der Waals surface area contributed by atoms with Crippen LogP contribution in [0.25, 0.3) is 11.1 Å². The number of hydrogen-bond donors (Lipinski definition) is 2. The van der Waals surface area contributed by atoms with Crippen LogP contribution in [-0.2, 0) is 13.1 Å². The van der Waals surface area contributed by atoms with E-state index in [0.717, 1.165) is 16.7 Å². The number of ether oxygens (including phenoxy) is 2. The Labute approximate surface area is 184 Å². The molecule has 32 heavy (non-hydrogen) atoms. The van der Waals surface area contributed by atoms with Crippen LogP contribution in [0.4, 0.5) is 8.78 Å². The normalized spacial score (nSPS) is 10.8. The lowest BCUT2D eigenvalue weighted by atomic mass is 10.0. The summed E-state index contributed by atoms with van der Waals surface area (Å²) in [5.41, 5.74) is 14.9. The summed E-state index contributed by atoms with van der Waals surface area (Å²) < 4.78 is 39.9. The monoisotopic (exact) mass is 433 g/mol. The molecule has 0 amide bonds. The van der Waals surface area contributed by atoms with Gasteiger partial charge in [0.25, 0.3) is 11.8 Å². The first-order valence-corrected chi connectivity index (χ1v) is 9.96. The van der Waals surface area contributed by atoms with Crippen LogP contribution in [0.3, 0.4) is 0 Å². The highest BCUT2D eigenvalue weighted by molar-refractivity contribution is 5.66. The third-order valence-electron chi connectivity index (χ3n) is 4.81. The lowest BCUT2D eigenvalue weighted by Crippen LogP contribution is -2.02. The highest BCUT2D eigenvalue weighted by Crippen LogP contribution is 2.32. The summed E-state index contributed by atoms with van der Waals surface area (Å²) in [6.07, 6.45) is 0. The molecule has 0 atom stereocenters. The van der Waals surface area contributed by atoms with E-state index in [1.807, 2.05) is 30.3 Å². The van der Waals surface area contributed by atoms with E-state index >= 15 is 0 Å². The molecule has 0 spiro atoms. The number of nitrogens with two attached hydrogens (primary N) is 2. The van der Waals surface area contributed by atoms with Crippen molar-refractivity contribution in [3.8, 4) is 34.4 Å². The number of aromatic nitrogens is 1. The molecule has 5 nitrogen and oxygen atoms in total. The Balaban J connectivity index is 1.63. The molecule has 0 aliphatic carbocycles. The van der Waals surface area contributed by atoms with Crippen LogP contribution in [0.15, 0.2) is 78.9 Å². The summed E-state index contributed by atoms with van der Waals surface area (Å²) in [6, 6.07) is 22.4. The van der Waals surface area contributed by atoms with E-state index in [-0.39, 0.29) is 6.54 Å². The maximum absolute atomic E-state index is 14.4. The molecular formula is C25H21F2N3O2. The molecule has 0 fully saturated rings. The largest absolute Gasteiger partial charge is 0.436 e. The fraction of sp³-hybridized carbons (Fsp3) is 0.0800. The minimum Gasteiger partial charge on any atom is -0.436 e. The lowest BCUT2D eigenvalue weighted by molar-refractivity contribution is 0.375. The van der Waals surface area contributed by atoms with Gasteiger partial charge in [-0.05, 0) is 41.0 Å². The number of benzene rings is 3. The molecule has 0 radical (unpaired) electrons. The molecule has 1 aromatic heterocycles. The Bertz CT molecular complexity index is 1250. The van der Waals surface area contributed by atoms with Gasteiger partial charge in [0.2, 0.25) is 0 Å². The van der Waals surface area contributed by atoms with E-state index in [4.69, 9.17) is 20.9 Å². The Morgan fingerprint density at radius 1 is 0.688 bits per heavy atom. The van der Waals surface area contributed by atoms with Crippen molar-refractivity contribution in [2.45, 2.75) is 13.1 Å². The Hall–Kier alpha value is -3.81. The van der Waals surface area contributed by atoms with Crippen molar-refractivity contribution in [1.29, 1.82) is 0 Å². The third-order valence-corrected chi connectivity index (χ3v) is 4.81. The van der Waals surface area contributed by atoms with Gasteiger partial charge < -0.3 is 20.9 Å². The quantitative estimate of drug-likeness (QED) is 0.400. The number of hydrogen-bond acceptors (Lipinski definition) is 5. The van der Waals surface area contributed by atoms with Crippen molar-refractivity contribution < 1.29 is 18.3 Å². The van der Waals surface area contributed by atoms with Crippen molar-refractivity contribution >= 4 is 0 Å². The second kappa shape index (κ2) is 9.55. The van der Waals surface area contributed by atoms with Crippen molar-refractivity contribution in [2.24, 2.45) is 11.5 Å². The predicted molar refractivity (Wildman–Crippen MR) is 118 cm³/mol. The van der Waals surface area contributed by atoms with Crippen LogP contribution in [0.2, 0.25) is 0 Å². The van der Waals surface area contributed by atoms with E-state index in [0.29, 0.717) is 29.7 Å². The van der Waals surface area contributed by atoms with Crippen molar-refractivity contribution in [3.05, 3.63) is 102 Å². The number of halogens is 2. The molecule has 3 aromatic carbocycles. The van der Waals surface area contributed by atoms with Gasteiger partial charge in [0.05, 0.1) is 0 Å². The molecule has 1 heterocycles. The smallest absolute Gasteiger partial charge is 0.259 e. The van der Waals surface area contributed by atoms with E-state index in [1.54, 1.807) is 42.5 Å². The SMILES string of the molecule is NCc1cccc(-c2cccc(Oc3nc(Oc4ccccc4CN)c(F)cc3F)c2)c1. The van der Waals surface area contributed by atoms with Gasteiger partial charge in [-0.15, -0.1) is 0 Å². The molecule has 4 N–H and O–H groups in total. The fourth-order valence-electron chi connectivity index (χ4n) is 3.18. The van der Waals surface area contributed by atoms with Crippen LogP contribution in [0.5, 0.6) is 23.3 Å². The molecule has 4 aromatic rings. The average molecular weight is 433 g/mol. The van der Waals surface area contributed by atoms with E-state index in [9.17, 15) is 8.78 Å². The van der Waals surface area contributed by atoms with Crippen molar-refractivity contribution in [3.63, 3.8) is 0 Å². The summed E-state index contributed by atoms with van der Waals surface area (Å²) in [4.78, 5) is 3.92. The highest BCUT2D eigenvalue weighted by atomic mass is 19.1. The first-order valence-electron chi connectivity index (χ1n) is 9.96. The summed E-state index contributed by atoms with van der Waals surface area (Å²) in [5.74, 6) is -2.03. The van der Waals surface area contributed by atoms with Gasteiger partial charge in [-0.25, -0.2) is 8.78 Å².